The van der Waals surface area contributed by atoms with Crippen molar-refractivity contribution < 1.29 is 13.5 Å². The smallest absolute Gasteiger partial charge is 0.191 e. The van der Waals surface area contributed by atoms with Gasteiger partial charge in [0.2, 0.25) is 0 Å². The molecule has 0 aliphatic carbocycles. The number of halogens is 2. The lowest BCUT2D eigenvalue weighted by molar-refractivity contribution is 0.127. The van der Waals surface area contributed by atoms with Crippen LogP contribution in [0, 0.1) is 11.6 Å². The minimum Gasteiger partial charge on any atom is -0.483 e. The Morgan fingerprint density at radius 2 is 1.42 bits per heavy atom. The summed E-state index contributed by atoms with van der Waals surface area (Å²) in [7, 11) is 0. The van der Waals surface area contributed by atoms with Crippen molar-refractivity contribution in [2.45, 2.75) is 26.5 Å². The van der Waals surface area contributed by atoms with E-state index in [0.717, 1.165) is 38.3 Å². The van der Waals surface area contributed by atoms with Gasteiger partial charge in [-0.3, -0.25) is 4.90 Å². The molecule has 0 amide bonds. The van der Waals surface area contributed by atoms with Gasteiger partial charge in [0.1, 0.15) is 6.61 Å². The quantitative estimate of drug-likeness (QED) is 0.740. The molecule has 1 fully saturated rings. The summed E-state index contributed by atoms with van der Waals surface area (Å²) in [4.78, 5) is 4.98. The molecule has 5 heteroatoms. The van der Waals surface area contributed by atoms with E-state index in [4.69, 9.17) is 4.74 Å². The Kier molecular flexibility index (Phi) is 6.58. The topological polar surface area (TPSA) is 15.7 Å². The molecular weight excluding hydrogens is 334 g/mol. The van der Waals surface area contributed by atoms with E-state index in [9.17, 15) is 8.78 Å². The van der Waals surface area contributed by atoms with Gasteiger partial charge in [0.15, 0.2) is 17.4 Å². The van der Waals surface area contributed by atoms with Crippen molar-refractivity contribution in [2.24, 2.45) is 0 Å². The molecule has 1 saturated heterocycles. The zero-order valence-corrected chi connectivity index (χ0v) is 15.3. The molecule has 0 unspecified atom stereocenters. The largest absolute Gasteiger partial charge is 0.483 e. The molecule has 3 rings (SSSR count). The first kappa shape index (κ1) is 18.8. The molecule has 3 nitrogen and oxygen atoms in total. The van der Waals surface area contributed by atoms with E-state index < -0.39 is 11.6 Å². The van der Waals surface area contributed by atoms with Gasteiger partial charge in [0.05, 0.1) is 0 Å². The first-order chi connectivity index (χ1) is 12.7. The van der Waals surface area contributed by atoms with Crippen molar-refractivity contribution in [2.75, 3.05) is 32.7 Å². The fourth-order valence-electron chi connectivity index (χ4n) is 3.26. The number of para-hydroxylation sites is 1. The van der Waals surface area contributed by atoms with Crippen molar-refractivity contribution in [1.82, 2.24) is 9.80 Å². The predicted molar refractivity (Wildman–Crippen MR) is 99.1 cm³/mol. The maximum atomic E-state index is 13.6. The maximum Gasteiger partial charge on any atom is 0.191 e. The normalized spacial score (nSPS) is 16.0. The summed E-state index contributed by atoms with van der Waals surface area (Å²) in [6.07, 6.45) is 1.21. The molecule has 1 heterocycles. The zero-order chi connectivity index (χ0) is 18.4. The van der Waals surface area contributed by atoms with Crippen LogP contribution in [0.4, 0.5) is 8.78 Å². The molecule has 0 bridgehead atoms. The van der Waals surface area contributed by atoms with Gasteiger partial charge in [-0.2, -0.15) is 0 Å². The molecule has 0 atom stereocenters. The third-order valence-electron chi connectivity index (χ3n) is 4.74. The Morgan fingerprint density at radius 3 is 2.04 bits per heavy atom. The lowest BCUT2D eigenvalue weighted by Crippen LogP contribution is -2.45. The molecular formula is C21H26F2N2O. The second-order valence-electron chi connectivity index (χ2n) is 6.77. The highest BCUT2D eigenvalue weighted by atomic mass is 19.1. The van der Waals surface area contributed by atoms with Gasteiger partial charge in [-0.15, -0.1) is 0 Å². The number of nitrogens with zero attached hydrogens (tertiary/aromatic N) is 2. The summed E-state index contributed by atoms with van der Waals surface area (Å²) >= 11 is 0. The van der Waals surface area contributed by atoms with Crippen molar-refractivity contribution >= 4 is 0 Å². The summed E-state index contributed by atoms with van der Waals surface area (Å²) < 4.78 is 32.5. The van der Waals surface area contributed by atoms with Crippen LogP contribution in [-0.4, -0.2) is 42.5 Å². The molecule has 0 aromatic heterocycles. The van der Waals surface area contributed by atoms with Crippen LogP contribution in [0.5, 0.6) is 5.75 Å². The van der Waals surface area contributed by atoms with Gasteiger partial charge in [-0.25, -0.2) is 8.78 Å². The highest BCUT2D eigenvalue weighted by molar-refractivity contribution is 5.27. The van der Waals surface area contributed by atoms with Gasteiger partial charge in [0.25, 0.3) is 0 Å². The van der Waals surface area contributed by atoms with Crippen LogP contribution >= 0.6 is 0 Å². The second kappa shape index (κ2) is 9.10. The molecule has 0 saturated carbocycles. The van der Waals surface area contributed by atoms with E-state index in [2.05, 4.69) is 28.9 Å². The summed E-state index contributed by atoms with van der Waals surface area (Å²) in [6.45, 7) is 8.94. The fourth-order valence-corrected chi connectivity index (χ4v) is 3.26. The Hall–Kier alpha value is -1.98. The second-order valence-corrected chi connectivity index (χ2v) is 6.77. The van der Waals surface area contributed by atoms with Crippen LogP contribution in [-0.2, 0) is 13.2 Å². The molecule has 2 aromatic carbocycles. The first-order valence-corrected chi connectivity index (χ1v) is 9.25. The molecule has 0 N–H and O–H groups in total. The number of hydrogen-bond acceptors (Lipinski definition) is 3. The highest BCUT2D eigenvalue weighted by Gasteiger charge is 2.16. The Balaban J connectivity index is 1.49. The zero-order valence-electron chi connectivity index (χ0n) is 15.3. The van der Waals surface area contributed by atoms with E-state index >= 15 is 0 Å². The van der Waals surface area contributed by atoms with Crippen LogP contribution in [0.25, 0.3) is 0 Å². The Labute approximate surface area is 154 Å². The molecule has 1 aliphatic heterocycles. The number of rotatable bonds is 7. The highest BCUT2D eigenvalue weighted by Crippen LogP contribution is 2.22. The summed E-state index contributed by atoms with van der Waals surface area (Å²) in [5.41, 5.74) is 2.14. The minimum atomic E-state index is -0.677. The van der Waals surface area contributed by atoms with Gasteiger partial charge in [-0.05, 0) is 36.2 Å². The van der Waals surface area contributed by atoms with Crippen molar-refractivity contribution in [3.63, 3.8) is 0 Å². The van der Waals surface area contributed by atoms with Crippen molar-refractivity contribution in [3.8, 4) is 5.75 Å². The Bertz CT molecular complexity index is 677. The monoisotopic (exact) mass is 360 g/mol. The van der Waals surface area contributed by atoms with E-state index in [1.807, 2.05) is 12.1 Å². The third kappa shape index (κ3) is 5.02. The van der Waals surface area contributed by atoms with Crippen molar-refractivity contribution in [1.29, 1.82) is 0 Å². The van der Waals surface area contributed by atoms with Gasteiger partial charge >= 0.3 is 0 Å². The lowest BCUT2D eigenvalue weighted by Gasteiger charge is -2.34. The van der Waals surface area contributed by atoms with Gasteiger partial charge < -0.3 is 9.64 Å². The maximum absolute atomic E-state index is 13.6. The molecule has 1 aliphatic rings. The van der Waals surface area contributed by atoms with Crippen LogP contribution < -0.4 is 4.74 Å². The molecule has 0 radical (unpaired) electrons. The van der Waals surface area contributed by atoms with E-state index in [-0.39, 0.29) is 12.4 Å². The average molecular weight is 360 g/mol. The number of hydrogen-bond donors (Lipinski definition) is 0. The number of piperazine rings is 1. The summed E-state index contributed by atoms with van der Waals surface area (Å²) in [5, 5.41) is 0. The standard InChI is InChI=1S/C21H26F2N2O/c1-2-10-24-11-13-25(14-12-24)15-17-6-8-18(9-7-17)16-26-21-19(22)4-3-5-20(21)23/h3-9H,2,10-16H2,1H3. The molecule has 140 valence electrons. The SMILES string of the molecule is CCCN1CCN(Cc2ccc(COc3c(F)cccc3F)cc2)CC1. The minimum absolute atomic E-state index is 0.147. The van der Waals surface area contributed by atoms with E-state index in [1.165, 1.54) is 36.7 Å². The van der Waals surface area contributed by atoms with E-state index in [0.29, 0.717) is 0 Å². The summed E-state index contributed by atoms with van der Waals surface area (Å²) in [6, 6.07) is 11.8. The Morgan fingerprint density at radius 1 is 0.846 bits per heavy atom. The average Bonchev–Trinajstić information content (AvgIpc) is 2.64. The molecule has 26 heavy (non-hydrogen) atoms. The van der Waals surface area contributed by atoms with Crippen LogP contribution in [0.1, 0.15) is 24.5 Å². The number of ether oxygens (including phenoxy) is 1. The third-order valence-corrected chi connectivity index (χ3v) is 4.74. The molecule has 0 spiro atoms. The lowest BCUT2D eigenvalue weighted by atomic mass is 10.1. The van der Waals surface area contributed by atoms with Crippen molar-refractivity contribution in [3.05, 3.63) is 65.2 Å². The van der Waals surface area contributed by atoms with Crippen LogP contribution in [0.2, 0.25) is 0 Å². The molecule has 2 aromatic rings. The fraction of sp³-hybridized carbons (Fsp3) is 0.429. The van der Waals surface area contributed by atoms with Crippen LogP contribution in [0.15, 0.2) is 42.5 Å². The number of benzene rings is 2. The first-order valence-electron chi connectivity index (χ1n) is 9.25. The summed E-state index contributed by atoms with van der Waals surface area (Å²) in [5.74, 6) is -1.67. The predicted octanol–water partition coefficient (Wildman–Crippen LogP) is 4.07. The van der Waals surface area contributed by atoms with Gasteiger partial charge in [-0.1, -0.05) is 37.3 Å². The van der Waals surface area contributed by atoms with Gasteiger partial charge in [0, 0.05) is 32.7 Å². The van der Waals surface area contributed by atoms with Crippen LogP contribution in [0.3, 0.4) is 0 Å². The van der Waals surface area contributed by atoms with E-state index in [1.54, 1.807) is 0 Å².